The van der Waals surface area contributed by atoms with Gasteiger partial charge in [-0.3, -0.25) is 9.59 Å². The molecule has 0 aliphatic carbocycles. The molecule has 0 saturated carbocycles. The van der Waals surface area contributed by atoms with Crippen LogP contribution in [0.5, 0.6) is 0 Å². The molecule has 0 bridgehead atoms. The Labute approximate surface area is 139 Å². The molecule has 0 aromatic heterocycles. The molecular weight excluding hydrogens is 305 g/mol. The molecule has 0 aliphatic heterocycles. The Morgan fingerprint density at radius 3 is 1.71 bits per heavy atom. The van der Waals surface area contributed by atoms with Gasteiger partial charge in [0.15, 0.2) is 11.6 Å². The molecule has 2 aromatic rings. The molecule has 0 radical (unpaired) electrons. The number of terminal acetylenes is 1. The van der Waals surface area contributed by atoms with Crippen LogP contribution >= 0.6 is 0 Å². The number of rotatable bonds is 6. The van der Waals surface area contributed by atoms with Gasteiger partial charge in [0.1, 0.15) is 0 Å². The maximum Gasteiger partial charge on any atom is 0.216 e. The fourth-order valence-electron chi connectivity index (χ4n) is 2.18. The van der Waals surface area contributed by atoms with E-state index in [1.165, 1.54) is 0 Å². The molecular formula is C20H14FNO2. The zero-order chi connectivity index (χ0) is 17.5. The van der Waals surface area contributed by atoms with E-state index in [0.717, 1.165) is 0 Å². The van der Waals surface area contributed by atoms with Crippen molar-refractivity contribution in [2.75, 3.05) is 0 Å². The normalized spacial score (nSPS) is 11.1. The summed E-state index contributed by atoms with van der Waals surface area (Å²) in [4.78, 5) is 23.8. The van der Waals surface area contributed by atoms with Crippen LogP contribution in [-0.4, -0.2) is 17.7 Å². The lowest BCUT2D eigenvalue weighted by Gasteiger charge is -2.07. The van der Waals surface area contributed by atoms with Gasteiger partial charge in [-0.2, -0.15) is 5.26 Å². The maximum atomic E-state index is 14.1. The van der Waals surface area contributed by atoms with Crippen LogP contribution in [0.15, 0.2) is 48.5 Å². The number of alkyl halides is 1. The summed E-state index contributed by atoms with van der Waals surface area (Å²) in [5.41, 5.74) is 2.29. The van der Waals surface area contributed by atoms with Gasteiger partial charge < -0.3 is 0 Å². The number of hydrogen-bond acceptors (Lipinski definition) is 3. The molecule has 0 heterocycles. The van der Waals surface area contributed by atoms with Gasteiger partial charge >= 0.3 is 0 Å². The summed E-state index contributed by atoms with van der Waals surface area (Å²) >= 11 is 0. The molecule has 3 nitrogen and oxygen atoms in total. The summed E-state index contributed by atoms with van der Waals surface area (Å²) < 4.78 is 14.1. The molecule has 0 N–H and O–H groups in total. The Morgan fingerprint density at radius 2 is 1.33 bits per heavy atom. The van der Waals surface area contributed by atoms with Crippen LogP contribution in [0.25, 0.3) is 0 Å². The number of Topliss-reactive ketones (excluding diaryl/α,β-unsaturated/α-hetero) is 2. The van der Waals surface area contributed by atoms with Crippen molar-refractivity contribution in [1.82, 2.24) is 0 Å². The summed E-state index contributed by atoms with van der Waals surface area (Å²) in [7, 11) is 0. The van der Waals surface area contributed by atoms with Crippen molar-refractivity contribution in [2.24, 2.45) is 0 Å². The third kappa shape index (κ3) is 4.38. The summed E-state index contributed by atoms with van der Waals surface area (Å²) in [5.74, 6) is 0.888. The minimum Gasteiger partial charge on any atom is -0.296 e. The average molecular weight is 319 g/mol. The minimum absolute atomic E-state index is 0.162. The third-order valence-electron chi connectivity index (χ3n) is 3.53. The van der Waals surface area contributed by atoms with Crippen molar-refractivity contribution in [3.63, 3.8) is 0 Å². The Bertz CT molecular complexity index is 752. The Kier molecular flexibility index (Phi) is 5.60. The lowest BCUT2D eigenvalue weighted by molar-refractivity contribution is -0.133. The highest BCUT2D eigenvalue weighted by molar-refractivity contribution is 6.06. The minimum atomic E-state index is -2.16. The van der Waals surface area contributed by atoms with Crippen molar-refractivity contribution >= 4 is 11.6 Å². The second kappa shape index (κ2) is 7.85. The van der Waals surface area contributed by atoms with Crippen LogP contribution in [0.2, 0.25) is 0 Å². The van der Waals surface area contributed by atoms with Crippen LogP contribution < -0.4 is 0 Å². The first kappa shape index (κ1) is 17.1. The summed E-state index contributed by atoms with van der Waals surface area (Å²) in [6.45, 7) is 0. The van der Waals surface area contributed by atoms with Gasteiger partial charge in [0, 0.05) is 18.4 Å². The fraction of sp³-hybridized carbons (Fsp3) is 0.150. The van der Waals surface area contributed by atoms with Crippen LogP contribution in [0.1, 0.15) is 22.3 Å². The van der Waals surface area contributed by atoms with E-state index >= 15 is 0 Å². The summed E-state index contributed by atoms with van der Waals surface area (Å²) in [6.07, 6.45) is 2.73. The molecule has 0 fully saturated rings. The summed E-state index contributed by atoms with van der Waals surface area (Å²) in [5, 5.41) is 8.71. The van der Waals surface area contributed by atoms with E-state index in [-0.39, 0.29) is 12.8 Å². The molecule has 2 rings (SSSR count). The Morgan fingerprint density at radius 1 is 0.917 bits per heavy atom. The van der Waals surface area contributed by atoms with Crippen molar-refractivity contribution < 1.29 is 14.0 Å². The molecule has 1 unspecified atom stereocenters. The van der Waals surface area contributed by atoms with Crippen LogP contribution in [-0.2, 0) is 22.4 Å². The van der Waals surface area contributed by atoms with E-state index in [4.69, 9.17) is 11.7 Å². The first-order chi connectivity index (χ1) is 11.5. The monoisotopic (exact) mass is 319 g/mol. The molecule has 4 heteroatoms. The molecule has 118 valence electrons. The first-order valence-corrected chi connectivity index (χ1v) is 7.27. The van der Waals surface area contributed by atoms with Gasteiger partial charge in [-0.1, -0.05) is 30.2 Å². The number of nitrogens with zero attached hydrogens (tertiary/aromatic N) is 1. The van der Waals surface area contributed by atoms with Gasteiger partial charge in [-0.25, -0.2) is 4.39 Å². The van der Waals surface area contributed by atoms with E-state index < -0.39 is 17.7 Å². The van der Waals surface area contributed by atoms with E-state index in [1.807, 2.05) is 6.07 Å². The van der Waals surface area contributed by atoms with E-state index in [0.29, 0.717) is 22.3 Å². The third-order valence-corrected chi connectivity index (χ3v) is 3.53. The quantitative estimate of drug-likeness (QED) is 0.608. The predicted molar refractivity (Wildman–Crippen MR) is 87.9 cm³/mol. The number of ketones is 2. The molecule has 24 heavy (non-hydrogen) atoms. The smallest absolute Gasteiger partial charge is 0.216 e. The number of benzene rings is 2. The second-order valence-corrected chi connectivity index (χ2v) is 5.30. The van der Waals surface area contributed by atoms with Crippen LogP contribution in [0, 0.1) is 23.7 Å². The van der Waals surface area contributed by atoms with E-state index in [1.54, 1.807) is 48.5 Å². The van der Waals surface area contributed by atoms with Gasteiger partial charge in [0.2, 0.25) is 6.17 Å². The lowest BCUT2D eigenvalue weighted by Crippen LogP contribution is -2.28. The number of hydrogen-bond donors (Lipinski definition) is 0. The van der Waals surface area contributed by atoms with Crippen molar-refractivity contribution in [3.8, 4) is 18.4 Å². The SMILES string of the molecule is C#Cc1ccc(CC(=O)C(F)C(=O)Cc2ccc(C#N)cc2)cc1. The average Bonchev–Trinajstić information content (AvgIpc) is 2.62. The van der Waals surface area contributed by atoms with Crippen LogP contribution in [0.3, 0.4) is 0 Å². The Hall–Kier alpha value is -3.24. The van der Waals surface area contributed by atoms with Gasteiger partial charge in [0.25, 0.3) is 0 Å². The predicted octanol–water partition coefficient (Wildman–Crippen LogP) is 2.80. The Balaban J connectivity index is 1.97. The van der Waals surface area contributed by atoms with Crippen LogP contribution in [0.4, 0.5) is 4.39 Å². The zero-order valence-corrected chi connectivity index (χ0v) is 12.8. The lowest BCUT2D eigenvalue weighted by atomic mass is 9.99. The van der Waals surface area contributed by atoms with E-state index in [9.17, 15) is 14.0 Å². The van der Waals surface area contributed by atoms with Gasteiger partial charge in [0.05, 0.1) is 11.6 Å². The largest absolute Gasteiger partial charge is 0.296 e. The molecule has 0 amide bonds. The molecule has 0 spiro atoms. The topological polar surface area (TPSA) is 57.9 Å². The first-order valence-electron chi connectivity index (χ1n) is 7.27. The molecule has 1 atom stereocenters. The van der Waals surface area contributed by atoms with Crippen molar-refractivity contribution in [3.05, 3.63) is 70.8 Å². The van der Waals surface area contributed by atoms with Crippen molar-refractivity contribution in [1.29, 1.82) is 5.26 Å². The van der Waals surface area contributed by atoms with E-state index in [2.05, 4.69) is 5.92 Å². The molecule has 0 aliphatic rings. The van der Waals surface area contributed by atoms with Gasteiger partial charge in [-0.15, -0.1) is 6.42 Å². The standard InChI is InChI=1S/C20H14FNO2/c1-2-14-3-5-15(6-4-14)11-18(23)20(21)19(24)12-16-7-9-17(13-22)10-8-16/h1,3-10,20H,11-12H2. The molecule has 0 saturated heterocycles. The maximum absolute atomic E-state index is 14.1. The number of carbonyl (C=O) groups excluding carboxylic acids is 2. The number of carbonyl (C=O) groups is 2. The zero-order valence-electron chi connectivity index (χ0n) is 12.8. The number of nitriles is 1. The highest BCUT2D eigenvalue weighted by Crippen LogP contribution is 2.11. The fourth-order valence-corrected chi connectivity index (χ4v) is 2.18. The number of halogens is 1. The van der Waals surface area contributed by atoms with Crippen molar-refractivity contribution in [2.45, 2.75) is 19.0 Å². The van der Waals surface area contributed by atoms with Gasteiger partial charge in [-0.05, 0) is 35.4 Å². The highest BCUT2D eigenvalue weighted by Gasteiger charge is 2.25. The summed E-state index contributed by atoms with van der Waals surface area (Å²) in [6, 6.07) is 14.8. The molecule has 2 aromatic carbocycles. The second-order valence-electron chi connectivity index (χ2n) is 5.30. The highest BCUT2D eigenvalue weighted by atomic mass is 19.1.